The van der Waals surface area contributed by atoms with E-state index in [9.17, 15) is 4.79 Å². The molecule has 3 rings (SSSR count). The number of piperazine rings is 1. The summed E-state index contributed by atoms with van der Waals surface area (Å²) in [5.41, 5.74) is 3.41. The van der Waals surface area contributed by atoms with Gasteiger partial charge in [-0.1, -0.05) is 32.0 Å². The van der Waals surface area contributed by atoms with Crippen LogP contribution in [0.25, 0.3) is 0 Å². The minimum Gasteiger partial charge on any atom is -0.497 e. The molecule has 0 aromatic heterocycles. The summed E-state index contributed by atoms with van der Waals surface area (Å²) in [6.45, 7) is 9.92. The Bertz CT molecular complexity index is 808. The molecular weight excluding hydrogens is 390 g/mol. The van der Waals surface area contributed by atoms with Crippen molar-refractivity contribution < 1.29 is 14.3 Å². The average Bonchev–Trinajstić information content (AvgIpc) is 2.80. The summed E-state index contributed by atoms with van der Waals surface area (Å²) in [4.78, 5) is 17.3. The predicted molar refractivity (Wildman–Crippen MR) is 125 cm³/mol. The monoisotopic (exact) mass is 425 g/mol. The van der Waals surface area contributed by atoms with Crippen LogP contribution in [0.15, 0.2) is 42.5 Å². The molecule has 0 radical (unpaired) electrons. The second-order valence-corrected chi connectivity index (χ2v) is 7.85. The van der Waals surface area contributed by atoms with E-state index in [4.69, 9.17) is 9.47 Å². The van der Waals surface area contributed by atoms with Gasteiger partial charge in [-0.15, -0.1) is 0 Å². The van der Waals surface area contributed by atoms with Crippen molar-refractivity contribution in [3.8, 4) is 11.5 Å². The topological polar surface area (TPSA) is 54.0 Å². The second-order valence-electron chi connectivity index (χ2n) is 7.85. The lowest BCUT2D eigenvalue weighted by Gasteiger charge is -2.34. The molecule has 0 bridgehead atoms. The number of carbonyl (C=O) groups is 1. The van der Waals surface area contributed by atoms with E-state index in [1.165, 1.54) is 11.1 Å². The predicted octanol–water partition coefficient (Wildman–Crippen LogP) is 3.46. The van der Waals surface area contributed by atoms with Gasteiger partial charge in [0.2, 0.25) is 5.91 Å². The van der Waals surface area contributed by atoms with Gasteiger partial charge < -0.3 is 14.8 Å². The summed E-state index contributed by atoms with van der Waals surface area (Å²) < 4.78 is 11.0. The average molecular weight is 426 g/mol. The van der Waals surface area contributed by atoms with Crippen molar-refractivity contribution in [2.24, 2.45) is 0 Å². The van der Waals surface area contributed by atoms with Crippen molar-refractivity contribution in [2.75, 3.05) is 58.3 Å². The van der Waals surface area contributed by atoms with Crippen LogP contribution in [0.1, 0.15) is 25.0 Å². The number of hydrogen-bond acceptors (Lipinski definition) is 5. The van der Waals surface area contributed by atoms with E-state index in [-0.39, 0.29) is 5.91 Å². The molecule has 1 N–H and O–H groups in total. The molecule has 31 heavy (non-hydrogen) atoms. The van der Waals surface area contributed by atoms with Gasteiger partial charge in [0.25, 0.3) is 0 Å². The fourth-order valence-corrected chi connectivity index (χ4v) is 3.92. The molecule has 6 nitrogen and oxygen atoms in total. The third-order valence-electron chi connectivity index (χ3n) is 5.83. The molecule has 168 valence electrons. The largest absolute Gasteiger partial charge is 0.497 e. The number of nitrogens with zero attached hydrogens (tertiary/aromatic N) is 2. The molecule has 1 aliphatic heterocycles. The number of aryl methyl sites for hydroxylation is 2. The van der Waals surface area contributed by atoms with Crippen molar-refractivity contribution in [1.29, 1.82) is 0 Å². The number of ether oxygens (including phenoxy) is 2. The molecule has 2 aromatic carbocycles. The van der Waals surface area contributed by atoms with Crippen molar-refractivity contribution in [3.05, 3.63) is 53.6 Å². The molecule has 1 amide bonds. The van der Waals surface area contributed by atoms with Gasteiger partial charge in [-0.3, -0.25) is 14.6 Å². The van der Waals surface area contributed by atoms with Gasteiger partial charge in [-0.25, -0.2) is 0 Å². The van der Waals surface area contributed by atoms with Gasteiger partial charge in [0.1, 0.15) is 18.1 Å². The summed E-state index contributed by atoms with van der Waals surface area (Å²) in [7, 11) is 1.66. The Kier molecular flexibility index (Phi) is 8.74. The van der Waals surface area contributed by atoms with Gasteiger partial charge in [0.15, 0.2) is 0 Å². The Morgan fingerprint density at radius 2 is 1.48 bits per heavy atom. The van der Waals surface area contributed by atoms with Crippen LogP contribution in [-0.4, -0.2) is 68.7 Å². The Hall–Kier alpha value is -2.57. The lowest BCUT2D eigenvalue weighted by Crippen LogP contribution is -2.49. The van der Waals surface area contributed by atoms with Crippen LogP contribution < -0.4 is 14.8 Å². The number of nitrogens with one attached hydrogen (secondary N) is 1. The zero-order chi connectivity index (χ0) is 22.1. The van der Waals surface area contributed by atoms with Crippen LogP contribution in [0.3, 0.4) is 0 Å². The van der Waals surface area contributed by atoms with Crippen molar-refractivity contribution in [1.82, 2.24) is 9.80 Å². The fourth-order valence-electron chi connectivity index (χ4n) is 3.92. The van der Waals surface area contributed by atoms with Crippen LogP contribution in [-0.2, 0) is 17.6 Å². The molecule has 1 aliphatic rings. The van der Waals surface area contributed by atoms with Gasteiger partial charge in [-0.2, -0.15) is 0 Å². The molecule has 1 saturated heterocycles. The SMILES string of the molecule is CCc1cccc(CC)c1NC(=O)CN1CCN(CCOc2ccc(OC)cc2)CC1. The number of rotatable bonds is 10. The number of carbonyl (C=O) groups excluding carboxylic acids is 1. The molecule has 0 atom stereocenters. The van der Waals surface area contributed by atoms with E-state index >= 15 is 0 Å². The maximum absolute atomic E-state index is 12.7. The van der Waals surface area contributed by atoms with Crippen LogP contribution >= 0.6 is 0 Å². The lowest BCUT2D eigenvalue weighted by molar-refractivity contribution is -0.117. The molecule has 1 fully saturated rings. The molecule has 2 aromatic rings. The molecular formula is C25H35N3O3. The summed E-state index contributed by atoms with van der Waals surface area (Å²) in [6, 6.07) is 13.9. The first-order valence-electron chi connectivity index (χ1n) is 11.2. The molecule has 0 spiro atoms. The third-order valence-corrected chi connectivity index (χ3v) is 5.83. The van der Waals surface area contributed by atoms with Crippen molar-refractivity contribution in [2.45, 2.75) is 26.7 Å². The van der Waals surface area contributed by atoms with Crippen LogP contribution in [0.2, 0.25) is 0 Å². The first-order valence-corrected chi connectivity index (χ1v) is 11.2. The van der Waals surface area contributed by atoms with E-state index in [2.05, 4.69) is 47.2 Å². The highest BCUT2D eigenvalue weighted by Gasteiger charge is 2.19. The Morgan fingerprint density at radius 1 is 0.903 bits per heavy atom. The van der Waals surface area contributed by atoms with Crippen LogP contribution in [0.4, 0.5) is 5.69 Å². The Morgan fingerprint density at radius 3 is 2.06 bits per heavy atom. The van der Waals surface area contributed by atoms with E-state index in [0.29, 0.717) is 13.2 Å². The van der Waals surface area contributed by atoms with Gasteiger partial charge in [-0.05, 0) is 48.2 Å². The van der Waals surface area contributed by atoms with E-state index in [0.717, 1.165) is 62.8 Å². The standard InChI is InChI=1S/C25H35N3O3/c1-4-20-7-6-8-21(5-2)25(20)26-24(29)19-28-15-13-27(14-16-28)17-18-31-23-11-9-22(30-3)10-12-23/h6-12H,4-5,13-19H2,1-3H3,(H,26,29). The van der Waals surface area contributed by atoms with E-state index in [1.807, 2.05) is 24.3 Å². The second kappa shape index (κ2) is 11.7. The summed E-state index contributed by atoms with van der Waals surface area (Å²) in [5.74, 6) is 1.76. The Balaban J connectivity index is 1.39. The Labute approximate surface area is 186 Å². The first-order chi connectivity index (χ1) is 15.1. The fraction of sp³-hybridized carbons (Fsp3) is 0.480. The van der Waals surface area contributed by atoms with Crippen LogP contribution in [0, 0.1) is 0 Å². The van der Waals surface area contributed by atoms with Gasteiger partial charge in [0.05, 0.1) is 13.7 Å². The molecule has 6 heteroatoms. The molecule has 0 aliphatic carbocycles. The first kappa shape index (κ1) is 23.1. The minimum absolute atomic E-state index is 0.0758. The van der Waals surface area contributed by atoms with E-state index in [1.54, 1.807) is 7.11 Å². The van der Waals surface area contributed by atoms with Crippen LogP contribution in [0.5, 0.6) is 11.5 Å². The number of benzene rings is 2. The van der Waals surface area contributed by atoms with Crippen molar-refractivity contribution >= 4 is 11.6 Å². The highest BCUT2D eigenvalue weighted by Crippen LogP contribution is 2.22. The van der Waals surface area contributed by atoms with Gasteiger partial charge >= 0.3 is 0 Å². The third kappa shape index (κ3) is 6.71. The van der Waals surface area contributed by atoms with E-state index < -0.39 is 0 Å². The quantitative estimate of drug-likeness (QED) is 0.632. The lowest BCUT2D eigenvalue weighted by atomic mass is 10.0. The number of amides is 1. The molecule has 0 unspecified atom stereocenters. The number of methoxy groups -OCH3 is 1. The van der Waals surface area contributed by atoms with Gasteiger partial charge in [0, 0.05) is 38.4 Å². The maximum Gasteiger partial charge on any atom is 0.238 e. The number of para-hydroxylation sites is 1. The maximum atomic E-state index is 12.7. The summed E-state index contributed by atoms with van der Waals surface area (Å²) >= 11 is 0. The molecule has 0 saturated carbocycles. The summed E-state index contributed by atoms with van der Waals surface area (Å²) in [6.07, 6.45) is 1.83. The normalized spacial score (nSPS) is 14.9. The van der Waals surface area contributed by atoms with Crippen molar-refractivity contribution in [3.63, 3.8) is 0 Å². The number of anilines is 1. The smallest absolute Gasteiger partial charge is 0.238 e. The molecule has 1 heterocycles. The zero-order valence-corrected chi connectivity index (χ0v) is 19.0. The minimum atomic E-state index is 0.0758. The zero-order valence-electron chi connectivity index (χ0n) is 19.0. The highest BCUT2D eigenvalue weighted by atomic mass is 16.5. The summed E-state index contributed by atoms with van der Waals surface area (Å²) in [5, 5.41) is 3.18. The highest BCUT2D eigenvalue weighted by molar-refractivity contribution is 5.93. The number of hydrogen-bond donors (Lipinski definition) is 1.